The second-order valence-corrected chi connectivity index (χ2v) is 14.0. The fraction of sp³-hybridized carbons (Fsp3) is 0.353. The first kappa shape index (κ1) is 30.9. The molecular formula is C34H38N8O2S2. The van der Waals surface area contributed by atoms with Crippen molar-refractivity contribution in [2.45, 2.75) is 24.9 Å². The average Bonchev–Trinajstić information content (AvgIpc) is 3.63. The molecule has 0 bridgehead atoms. The van der Waals surface area contributed by atoms with Crippen LogP contribution in [0.2, 0.25) is 0 Å². The van der Waals surface area contributed by atoms with E-state index in [4.69, 9.17) is 9.97 Å². The van der Waals surface area contributed by atoms with Crippen molar-refractivity contribution in [1.29, 1.82) is 0 Å². The summed E-state index contributed by atoms with van der Waals surface area (Å²) >= 11 is 2.92. The molecule has 4 heterocycles. The summed E-state index contributed by atoms with van der Waals surface area (Å²) in [5.41, 5.74) is 4.11. The van der Waals surface area contributed by atoms with Crippen LogP contribution >= 0.6 is 22.7 Å². The third kappa shape index (κ3) is 7.60. The maximum Gasteiger partial charge on any atom is 0.240 e. The van der Waals surface area contributed by atoms with Crippen LogP contribution in [-0.2, 0) is 22.4 Å². The van der Waals surface area contributed by atoms with E-state index in [1.165, 1.54) is 33.8 Å². The Morgan fingerprint density at radius 2 is 1.15 bits per heavy atom. The summed E-state index contributed by atoms with van der Waals surface area (Å²) in [5.74, 6) is -0.112. The minimum atomic E-state index is -0.0561. The van der Waals surface area contributed by atoms with Crippen molar-refractivity contribution < 1.29 is 9.59 Å². The SMILES string of the molecule is O=C(CN1CCNCC1Cc1ccccc1)Nc1nc2cc3nc(NC(=O)CN4CCNCC4Cc4ccccc4)sc3cc2s1. The molecule has 7 rings (SSSR count). The number of thiazole rings is 2. The van der Waals surface area contributed by atoms with Gasteiger partial charge in [0.25, 0.3) is 0 Å². The number of carbonyl (C=O) groups is 2. The Morgan fingerprint density at radius 3 is 1.61 bits per heavy atom. The number of nitrogens with zero attached hydrogens (tertiary/aromatic N) is 4. The zero-order chi connectivity index (χ0) is 31.3. The van der Waals surface area contributed by atoms with Crippen molar-refractivity contribution >= 4 is 65.2 Å². The van der Waals surface area contributed by atoms with Gasteiger partial charge in [0.05, 0.1) is 33.5 Å². The fourth-order valence-corrected chi connectivity index (χ4v) is 8.22. The number of benzene rings is 3. The lowest BCUT2D eigenvalue weighted by Crippen LogP contribution is -2.54. The summed E-state index contributed by atoms with van der Waals surface area (Å²) < 4.78 is 1.94. The Balaban J connectivity index is 0.959. The summed E-state index contributed by atoms with van der Waals surface area (Å²) in [6.07, 6.45) is 1.80. The standard InChI is InChI=1S/C34H38N8O2S2/c43-31(21-41-13-11-35-19-25(41)15-23-7-3-1-4-8-23)39-33-37-27-17-28-30(18-29(27)45-33)46-34(38-28)40-32(44)22-42-14-12-36-20-26(42)16-24-9-5-2-6-10-24/h1-10,17-18,25-26,35-36H,11-16,19-22H2,(H,37,39,43)(H,38,40,44). The maximum absolute atomic E-state index is 13.1. The fourth-order valence-electron chi connectivity index (χ4n) is 6.34. The molecule has 2 amide bonds. The summed E-state index contributed by atoms with van der Waals surface area (Å²) in [6, 6.07) is 25.3. The predicted octanol–water partition coefficient (Wildman–Crippen LogP) is 3.82. The number of piperazine rings is 2. The normalized spacial score (nSPS) is 19.4. The molecule has 0 radical (unpaired) electrons. The lowest BCUT2D eigenvalue weighted by atomic mass is 10.0. The van der Waals surface area contributed by atoms with Gasteiger partial charge in [0.1, 0.15) is 0 Å². The molecule has 4 N–H and O–H groups in total. The molecule has 10 nitrogen and oxygen atoms in total. The van der Waals surface area contributed by atoms with Crippen LogP contribution in [0.3, 0.4) is 0 Å². The van der Waals surface area contributed by atoms with Crippen LogP contribution in [0.25, 0.3) is 20.4 Å². The highest BCUT2D eigenvalue weighted by Gasteiger charge is 2.26. The Morgan fingerprint density at radius 1 is 0.696 bits per heavy atom. The quantitative estimate of drug-likeness (QED) is 0.180. The van der Waals surface area contributed by atoms with Gasteiger partial charge in [0.15, 0.2) is 10.3 Å². The van der Waals surface area contributed by atoms with Gasteiger partial charge < -0.3 is 21.3 Å². The molecule has 2 unspecified atom stereocenters. The van der Waals surface area contributed by atoms with Crippen LogP contribution in [-0.4, -0.2) is 96.0 Å². The van der Waals surface area contributed by atoms with Crippen LogP contribution in [0, 0.1) is 0 Å². The molecule has 0 saturated carbocycles. The second-order valence-electron chi connectivity index (χ2n) is 12.0. The van der Waals surface area contributed by atoms with Gasteiger partial charge in [-0.1, -0.05) is 83.3 Å². The van der Waals surface area contributed by atoms with E-state index in [1.807, 2.05) is 24.3 Å². The van der Waals surface area contributed by atoms with Crippen LogP contribution in [0.1, 0.15) is 11.1 Å². The van der Waals surface area contributed by atoms with Crippen molar-refractivity contribution in [3.05, 3.63) is 83.9 Å². The minimum Gasteiger partial charge on any atom is -0.314 e. The van der Waals surface area contributed by atoms with E-state index >= 15 is 0 Å². The maximum atomic E-state index is 13.1. The number of nitrogens with one attached hydrogen (secondary N) is 4. The van der Waals surface area contributed by atoms with Crippen molar-refractivity contribution in [1.82, 2.24) is 30.4 Å². The molecule has 5 aromatic rings. The molecule has 2 aliphatic rings. The first-order chi connectivity index (χ1) is 22.6. The van der Waals surface area contributed by atoms with Gasteiger partial charge in [-0.25, -0.2) is 9.97 Å². The number of hydrogen-bond donors (Lipinski definition) is 4. The molecular weight excluding hydrogens is 617 g/mol. The van der Waals surface area contributed by atoms with E-state index in [0.29, 0.717) is 23.4 Å². The van der Waals surface area contributed by atoms with Gasteiger partial charge in [0.2, 0.25) is 11.8 Å². The lowest BCUT2D eigenvalue weighted by molar-refractivity contribution is -0.118. The molecule has 2 aliphatic heterocycles. The van der Waals surface area contributed by atoms with Crippen LogP contribution < -0.4 is 21.3 Å². The lowest BCUT2D eigenvalue weighted by Gasteiger charge is -2.35. The minimum absolute atomic E-state index is 0.0561. The number of rotatable bonds is 10. The van der Waals surface area contributed by atoms with Crippen LogP contribution in [0.4, 0.5) is 10.3 Å². The topological polar surface area (TPSA) is 115 Å². The van der Waals surface area contributed by atoms with Crippen molar-refractivity contribution in [3.63, 3.8) is 0 Å². The average molecular weight is 655 g/mol. The number of hydrogen-bond acceptors (Lipinski definition) is 10. The van der Waals surface area contributed by atoms with E-state index in [9.17, 15) is 9.59 Å². The van der Waals surface area contributed by atoms with E-state index in [1.54, 1.807) is 0 Å². The van der Waals surface area contributed by atoms with Crippen molar-refractivity contribution in [2.24, 2.45) is 0 Å². The summed E-state index contributed by atoms with van der Waals surface area (Å²) in [5, 5.41) is 14.2. The molecule has 0 spiro atoms. The smallest absolute Gasteiger partial charge is 0.240 e. The third-order valence-electron chi connectivity index (χ3n) is 8.66. The summed E-state index contributed by atoms with van der Waals surface area (Å²) in [7, 11) is 0. The summed E-state index contributed by atoms with van der Waals surface area (Å²) in [6.45, 7) is 5.78. The molecule has 2 aromatic heterocycles. The van der Waals surface area contributed by atoms with Crippen molar-refractivity contribution in [2.75, 3.05) is 63.0 Å². The van der Waals surface area contributed by atoms with Crippen LogP contribution in [0.5, 0.6) is 0 Å². The molecule has 238 valence electrons. The molecule has 2 saturated heterocycles. The third-order valence-corrected chi connectivity index (χ3v) is 10.5. The number of aromatic nitrogens is 2. The molecule has 46 heavy (non-hydrogen) atoms. The van der Waals surface area contributed by atoms with Crippen molar-refractivity contribution in [3.8, 4) is 0 Å². The Kier molecular flexibility index (Phi) is 9.61. The molecule has 3 aromatic carbocycles. The Bertz CT molecular complexity index is 1620. The molecule has 12 heteroatoms. The number of anilines is 2. The highest BCUT2D eigenvalue weighted by atomic mass is 32.1. The Hall–Kier alpha value is -3.78. The number of amides is 2. The highest BCUT2D eigenvalue weighted by Crippen LogP contribution is 2.34. The monoisotopic (exact) mass is 654 g/mol. The van der Waals surface area contributed by atoms with E-state index in [-0.39, 0.29) is 23.9 Å². The first-order valence-electron chi connectivity index (χ1n) is 15.8. The Labute approximate surface area is 276 Å². The van der Waals surface area contributed by atoms with Gasteiger partial charge >= 0.3 is 0 Å². The first-order valence-corrected chi connectivity index (χ1v) is 17.5. The van der Waals surface area contributed by atoms with Gasteiger partial charge in [-0.2, -0.15) is 0 Å². The molecule has 0 aliphatic carbocycles. The van der Waals surface area contributed by atoms with Gasteiger partial charge in [-0.3, -0.25) is 19.4 Å². The van der Waals surface area contributed by atoms with E-state index < -0.39 is 0 Å². The summed E-state index contributed by atoms with van der Waals surface area (Å²) in [4.78, 5) is 40.1. The largest absolute Gasteiger partial charge is 0.314 e. The van der Waals surface area contributed by atoms with Gasteiger partial charge in [0, 0.05) is 51.4 Å². The zero-order valence-corrected chi connectivity index (χ0v) is 27.2. The van der Waals surface area contributed by atoms with Crippen LogP contribution in [0.15, 0.2) is 72.8 Å². The van der Waals surface area contributed by atoms with E-state index in [2.05, 4.69) is 79.6 Å². The van der Waals surface area contributed by atoms with Gasteiger partial charge in [-0.15, -0.1) is 0 Å². The molecule has 2 atom stereocenters. The number of fused-ring (bicyclic) bond motifs is 2. The zero-order valence-electron chi connectivity index (χ0n) is 25.6. The second kappa shape index (κ2) is 14.3. The predicted molar refractivity (Wildman–Crippen MR) is 187 cm³/mol. The van der Waals surface area contributed by atoms with E-state index in [0.717, 1.165) is 72.5 Å². The molecule has 2 fully saturated rings. The van der Waals surface area contributed by atoms with Gasteiger partial charge in [-0.05, 0) is 36.1 Å². The number of carbonyl (C=O) groups excluding carboxylic acids is 2. The highest BCUT2D eigenvalue weighted by molar-refractivity contribution is 7.24.